The summed E-state index contributed by atoms with van der Waals surface area (Å²) in [4.78, 5) is 21.9. The summed E-state index contributed by atoms with van der Waals surface area (Å²) in [6.45, 7) is 2.08. The Hall–Kier alpha value is -0.750. The quantitative estimate of drug-likeness (QED) is 0.610. The Bertz CT molecular complexity index is 248. The first-order chi connectivity index (χ1) is 7.11. The molecule has 0 saturated carbocycles. The lowest BCUT2D eigenvalue weighted by atomic mass is 10.1. The van der Waals surface area contributed by atoms with E-state index in [-0.39, 0.29) is 29.1 Å². The van der Waals surface area contributed by atoms with Crippen LogP contribution in [0.4, 0.5) is 0 Å². The second kappa shape index (κ2) is 5.97. The molecule has 2 unspecified atom stereocenters. The second-order valence-electron chi connectivity index (χ2n) is 3.58. The molecule has 1 aliphatic heterocycles. The standard InChI is InChI=1S/C9H17N3O2S/c1-2-3-6-4-8(14)12-9(11-6)15-5-7(10)13/h6,9,11H,2-5H2,1H3,(H2,10,13)(H,12,14). The van der Waals surface area contributed by atoms with Gasteiger partial charge in [-0.3, -0.25) is 14.9 Å². The highest BCUT2D eigenvalue weighted by Crippen LogP contribution is 2.14. The smallest absolute Gasteiger partial charge is 0.227 e. The van der Waals surface area contributed by atoms with Crippen LogP contribution in [-0.2, 0) is 9.59 Å². The topological polar surface area (TPSA) is 84.2 Å². The van der Waals surface area contributed by atoms with Gasteiger partial charge >= 0.3 is 0 Å². The number of hydrogen-bond acceptors (Lipinski definition) is 4. The molecule has 0 spiro atoms. The molecule has 1 fully saturated rings. The van der Waals surface area contributed by atoms with Gasteiger partial charge in [0.05, 0.1) is 5.75 Å². The molecule has 0 aromatic heterocycles. The van der Waals surface area contributed by atoms with Crippen LogP contribution in [0.1, 0.15) is 26.2 Å². The zero-order valence-electron chi connectivity index (χ0n) is 8.79. The van der Waals surface area contributed by atoms with Crippen LogP contribution >= 0.6 is 11.8 Å². The first-order valence-corrected chi connectivity index (χ1v) is 6.12. The molecular formula is C9H17N3O2S. The van der Waals surface area contributed by atoms with E-state index in [4.69, 9.17) is 5.73 Å². The van der Waals surface area contributed by atoms with Gasteiger partial charge in [0.15, 0.2) is 0 Å². The largest absolute Gasteiger partial charge is 0.369 e. The minimum Gasteiger partial charge on any atom is -0.369 e. The third kappa shape index (κ3) is 4.53. The van der Waals surface area contributed by atoms with Gasteiger partial charge < -0.3 is 11.1 Å². The summed E-state index contributed by atoms with van der Waals surface area (Å²) in [5.74, 6) is -0.112. The fourth-order valence-electron chi connectivity index (χ4n) is 1.53. The van der Waals surface area contributed by atoms with E-state index < -0.39 is 0 Å². The zero-order valence-corrected chi connectivity index (χ0v) is 9.60. The molecule has 1 rings (SSSR count). The van der Waals surface area contributed by atoms with Crippen molar-refractivity contribution in [3.8, 4) is 0 Å². The van der Waals surface area contributed by atoms with Crippen LogP contribution in [0.2, 0.25) is 0 Å². The Morgan fingerprint density at radius 2 is 2.40 bits per heavy atom. The van der Waals surface area contributed by atoms with Gasteiger partial charge in [0.1, 0.15) is 5.50 Å². The van der Waals surface area contributed by atoms with E-state index in [9.17, 15) is 9.59 Å². The number of rotatable bonds is 5. The second-order valence-corrected chi connectivity index (χ2v) is 4.67. The Balaban J connectivity index is 2.37. The van der Waals surface area contributed by atoms with Crippen molar-refractivity contribution in [3.05, 3.63) is 0 Å². The van der Waals surface area contributed by atoms with Crippen molar-refractivity contribution in [2.45, 2.75) is 37.7 Å². The maximum Gasteiger partial charge on any atom is 0.227 e. The molecule has 6 heteroatoms. The van der Waals surface area contributed by atoms with E-state index in [1.807, 2.05) is 0 Å². The lowest BCUT2D eigenvalue weighted by Gasteiger charge is -2.30. The first-order valence-electron chi connectivity index (χ1n) is 5.07. The minimum atomic E-state index is -0.367. The van der Waals surface area contributed by atoms with E-state index in [1.54, 1.807) is 0 Å². The third-order valence-electron chi connectivity index (χ3n) is 2.14. The molecule has 0 aromatic carbocycles. The van der Waals surface area contributed by atoms with Crippen LogP contribution in [0.25, 0.3) is 0 Å². The number of nitrogens with one attached hydrogen (secondary N) is 2. The first kappa shape index (κ1) is 12.3. The monoisotopic (exact) mass is 231 g/mol. The van der Waals surface area contributed by atoms with Crippen LogP contribution in [0.3, 0.4) is 0 Å². The fraction of sp³-hybridized carbons (Fsp3) is 0.778. The van der Waals surface area contributed by atoms with E-state index in [2.05, 4.69) is 17.6 Å². The molecular weight excluding hydrogens is 214 g/mol. The van der Waals surface area contributed by atoms with Crippen molar-refractivity contribution in [1.29, 1.82) is 0 Å². The molecule has 0 aromatic rings. The van der Waals surface area contributed by atoms with Gasteiger partial charge in [-0.2, -0.15) is 0 Å². The van der Waals surface area contributed by atoms with Crippen molar-refractivity contribution in [2.75, 3.05) is 5.75 Å². The summed E-state index contributed by atoms with van der Waals surface area (Å²) in [6, 6.07) is 0.217. The van der Waals surface area contributed by atoms with Crippen molar-refractivity contribution in [1.82, 2.24) is 10.6 Å². The predicted molar refractivity (Wildman–Crippen MR) is 60.0 cm³/mol. The molecule has 0 radical (unpaired) electrons. The fourth-order valence-corrected chi connectivity index (χ4v) is 2.37. The number of hydrogen-bond donors (Lipinski definition) is 3. The van der Waals surface area contributed by atoms with Crippen molar-refractivity contribution in [3.63, 3.8) is 0 Å². The van der Waals surface area contributed by atoms with E-state index in [0.717, 1.165) is 12.8 Å². The highest BCUT2D eigenvalue weighted by atomic mass is 32.2. The van der Waals surface area contributed by atoms with Crippen LogP contribution in [0, 0.1) is 0 Å². The summed E-state index contributed by atoms with van der Waals surface area (Å²) in [6.07, 6.45) is 2.53. The molecule has 4 N–H and O–H groups in total. The van der Waals surface area contributed by atoms with Gasteiger partial charge in [-0.25, -0.2) is 0 Å². The maximum atomic E-state index is 11.3. The normalized spacial score (nSPS) is 26.1. The van der Waals surface area contributed by atoms with E-state index in [1.165, 1.54) is 11.8 Å². The molecule has 0 bridgehead atoms. The average Bonchev–Trinajstić information content (AvgIpc) is 2.14. The van der Waals surface area contributed by atoms with Gasteiger partial charge in [0, 0.05) is 12.5 Å². The molecule has 5 nitrogen and oxygen atoms in total. The molecule has 0 aliphatic carbocycles. The van der Waals surface area contributed by atoms with Crippen LogP contribution in [0.15, 0.2) is 0 Å². The van der Waals surface area contributed by atoms with Crippen molar-refractivity contribution in [2.24, 2.45) is 5.73 Å². The van der Waals surface area contributed by atoms with Gasteiger partial charge in [0.2, 0.25) is 11.8 Å². The molecule has 2 amide bonds. The number of amides is 2. The molecule has 86 valence electrons. The lowest BCUT2D eigenvalue weighted by molar-refractivity contribution is -0.123. The Morgan fingerprint density at radius 3 is 3.00 bits per heavy atom. The zero-order chi connectivity index (χ0) is 11.3. The summed E-state index contributed by atoms with van der Waals surface area (Å²) in [5, 5.41) is 6.03. The predicted octanol–water partition coefficient (Wildman–Crippen LogP) is -0.233. The molecule has 1 saturated heterocycles. The van der Waals surface area contributed by atoms with E-state index in [0.29, 0.717) is 6.42 Å². The van der Waals surface area contributed by atoms with Crippen molar-refractivity contribution < 1.29 is 9.59 Å². The minimum absolute atomic E-state index is 0.0363. The van der Waals surface area contributed by atoms with E-state index >= 15 is 0 Å². The number of carbonyl (C=O) groups is 2. The molecule has 15 heavy (non-hydrogen) atoms. The van der Waals surface area contributed by atoms with Crippen molar-refractivity contribution >= 4 is 23.6 Å². The highest BCUT2D eigenvalue weighted by molar-refractivity contribution is 8.00. The van der Waals surface area contributed by atoms with Gasteiger partial charge in [0.25, 0.3) is 0 Å². The van der Waals surface area contributed by atoms with Gasteiger partial charge in [-0.15, -0.1) is 11.8 Å². The summed E-state index contributed by atoms with van der Waals surface area (Å²) in [5.41, 5.74) is 4.85. The Labute approximate surface area is 93.5 Å². The number of primary amides is 1. The Kier molecular flexibility index (Phi) is 4.90. The Morgan fingerprint density at radius 1 is 1.67 bits per heavy atom. The summed E-state index contributed by atoms with van der Waals surface area (Å²) >= 11 is 1.32. The maximum absolute atomic E-state index is 11.3. The van der Waals surface area contributed by atoms with Gasteiger partial charge in [-0.1, -0.05) is 13.3 Å². The molecule has 1 aliphatic rings. The van der Waals surface area contributed by atoms with Gasteiger partial charge in [-0.05, 0) is 6.42 Å². The summed E-state index contributed by atoms with van der Waals surface area (Å²) in [7, 11) is 0. The molecule has 2 atom stereocenters. The number of nitrogens with two attached hydrogens (primary N) is 1. The van der Waals surface area contributed by atoms with Crippen LogP contribution in [-0.4, -0.2) is 29.1 Å². The average molecular weight is 231 g/mol. The highest BCUT2D eigenvalue weighted by Gasteiger charge is 2.25. The van der Waals surface area contributed by atoms with Crippen LogP contribution < -0.4 is 16.4 Å². The third-order valence-corrected chi connectivity index (χ3v) is 3.18. The lowest BCUT2D eigenvalue weighted by Crippen LogP contribution is -2.54. The number of thioether (sulfide) groups is 1. The molecule has 1 heterocycles. The SMILES string of the molecule is CCCC1CC(=O)NC(SCC(N)=O)N1. The summed E-state index contributed by atoms with van der Waals surface area (Å²) < 4.78 is 0. The number of carbonyl (C=O) groups excluding carboxylic acids is 2. The van der Waals surface area contributed by atoms with Crippen LogP contribution in [0.5, 0.6) is 0 Å².